The van der Waals surface area contributed by atoms with E-state index in [1.807, 2.05) is 19.1 Å². The van der Waals surface area contributed by atoms with Gasteiger partial charge in [0.1, 0.15) is 6.54 Å². The first kappa shape index (κ1) is 25.5. The van der Waals surface area contributed by atoms with Gasteiger partial charge in [-0.1, -0.05) is 37.6 Å². The van der Waals surface area contributed by atoms with E-state index in [0.29, 0.717) is 16.9 Å². The maximum atomic E-state index is 12.8. The predicted molar refractivity (Wildman–Crippen MR) is 135 cm³/mol. The van der Waals surface area contributed by atoms with Crippen LogP contribution in [-0.2, 0) is 16.1 Å². The lowest BCUT2D eigenvalue weighted by molar-refractivity contribution is -0.146. The summed E-state index contributed by atoms with van der Waals surface area (Å²) in [5.74, 6) is -1.04. The number of imide groups is 1. The molecule has 1 aliphatic rings. The molecule has 35 heavy (non-hydrogen) atoms. The van der Waals surface area contributed by atoms with Crippen molar-refractivity contribution in [3.63, 3.8) is 0 Å². The lowest BCUT2D eigenvalue weighted by Gasteiger charge is -2.30. The number of carbonyl (C=O) groups is 4. The third kappa shape index (κ3) is 6.47. The van der Waals surface area contributed by atoms with Gasteiger partial charge >= 0.3 is 6.03 Å². The standard InChI is InChI=1S/C26H31N5O4/c1-4-5-6-17(2)20-11-12-21(27)22(13-20)29-25(34)19-9-7-18(8-10-19)14-28-26(35)31-16-23(32)30(3)15-24(31)33/h6-13H,4-5,14-16,27H2,1-3H3,(H,28,35)(H,29,34)/b17-6+. The summed E-state index contributed by atoms with van der Waals surface area (Å²) in [5.41, 5.74) is 10.4. The summed E-state index contributed by atoms with van der Waals surface area (Å²) in [6.07, 6.45) is 4.20. The summed E-state index contributed by atoms with van der Waals surface area (Å²) in [6.45, 7) is 3.89. The third-order valence-electron chi connectivity index (χ3n) is 5.79. The molecule has 1 heterocycles. The molecule has 0 saturated carbocycles. The molecule has 5 amide bonds. The number of piperazine rings is 1. The highest BCUT2D eigenvalue weighted by Crippen LogP contribution is 2.25. The molecule has 4 N–H and O–H groups in total. The predicted octanol–water partition coefficient (Wildman–Crippen LogP) is 3.23. The van der Waals surface area contributed by atoms with Crippen molar-refractivity contribution in [3.8, 4) is 0 Å². The first-order valence-corrected chi connectivity index (χ1v) is 11.5. The van der Waals surface area contributed by atoms with E-state index in [1.165, 1.54) is 11.9 Å². The van der Waals surface area contributed by atoms with Crippen LogP contribution < -0.4 is 16.4 Å². The third-order valence-corrected chi connectivity index (χ3v) is 5.79. The number of benzene rings is 2. The topological polar surface area (TPSA) is 125 Å². The molecule has 0 spiro atoms. The summed E-state index contributed by atoms with van der Waals surface area (Å²) in [5, 5.41) is 5.50. The zero-order valence-electron chi connectivity index (χ0n) is 20.3. The smallest absolute Gasteiger partial charge is 0.324 e. The summed E-state index contributed by atoms with van der Waals surface area (Å²) < 4.78 is 0. The molecule has 2 aromatic carbocycles. The van der Waals surface area contributed by atoms with Gasteiger partial charge in [-0.15, -0.1) is 0 Å². The first-order chi connectivity index (χ1) is 16.7. The molecule has 0 unspecified atom stereocenters. The van der Waals surface area contributed by atoms with Gasteiger partial charge < -0.3 is 21.3 Å². The highest BCUT2D eigenvalue weighted by molar-refractivity contribution is 6.06. The highest BCUT2D eigenvalue weighted by Gasteiger charge is 2.31. The summed E-state index contributed by atoms with van der Waals surface area (Å²) in [7, 11) is 1.52. The van der Waals surface area contributed by atoms with Crippen LogP contribution in [0.25, 0.3) is 5.57 Å². The Morgan fingerprint density at radius 3 is 2.40 bits per heavy atom. The quantitative estimate of drug-likeness (QED) is 0.528. The van der Waals surface area contributed by atoms with Gasteiger partial charge in [0.25, 0.3) is 11.8 Å². The molecule has 0 atom stereocenters. The largest absolute Gasteiger partial charge is 0.397 e. The number of amides is 5. The number of nitrogen functional groups attached to an aromatic ring is 1. The average Bonchev–Trinajstić information content (AvgIpc) is 2.84. The number of urea groups is 1. The number of nitrogens with zero attached hydrogens (tertiary/aromatic N) is 2. The summed E-state index contributed by atoms with van der Waals surface area (Å²) in [4.78, 5) is 51.1. The van der Waals surface area contributed by atoms with Crippen LogP contribution in [0.3, 0.4) is 0 Å². The lowest BCUT2D eigenvalue weighted by Crippen LogP contribution is -2.56. The van der Waals surface area contributed by atoms with E-state index in [0.717, 1.165) is 34.4 Å². The minimum absolute atomic E-state index is 0.127. The molecule has 2 aromatic rings. The van der Waals surface area contributed by atoms with Crippen molar-refractivity contribution in [1.29, 1.82) is 0 Å². The molecule has 9 nitrogen and oxygen atoms in total. The second kappa shape index (κ2) is 11.3. The van der Waals surface area contributed by atoms with Gasteiger partial charge in [0.2, 0.25) is 5.91 Å². The van der Waals surface area contributed by atoms with Crippen molar-refractivity contribution in [1.82, 2.24) is 15.1 Å². The number of anilines is 2. The maximum absolute atomic E-state index is 12.8. The Labute approximate surface area is 205 Å². The van der Waals surface area contributed by atoms with E-state index in [2.05, 4.69) is 23.6 Å². The van der Waals surface area contributed by atoms with Gasteiger partial charge in [-0.25, -0.2) is 4.79 Å². The lowest BCUT2D eigenvalue weighted by atomic mass is 10.0. The van der Waals surface area contributed by atoms with Crippen LogP contribution in [0.5, 0.6) is 0 Å². The van der Waals surface area contributed by atoms with Crippen LogP contribution in [0.4, 0.5) is 16.2 Å². The number of allylic oxidation sites excluding steroid dienone is 2. The number of unbranched alkanes of at least 4 members (excludes halogenated alkanes) is 1. The fourth-order valence-corrected chi connectivity index (χ4v) is 3.54. The molecule has 0 bridgehead atoms. The first-order valence-electron chi connectivity index (χ1n) is 11.5. The van der Waals surface area contributed by atoms with E-state index < -0.39 is 11.9 Å². The van der Waals surface area contributed by atoms with Crippen molar-refractivity contribution >= 4 is 40.7 Å². The Bertz CT molecular complexity index is 1160. The number of nitrogens with two attached hydrogens (primary N) is 1. The molecule has 1 fully saturated rings. The second-order valence-corrected chi connectivity index (χ2v) is 8.52. The minimum atomic E-state index is -0.628. The van der Waals surface area contributed by atoms with Gasteiger partial charge in [0.05, 0.1) is 17.9 Å². The second-order valence-electron chi connectivity index (χ2n) is 8.52. The van der Waals surface area contributed by atoms with E-state index in [4.69, 9.17) is 5.73 Å². The van der Waals surface area contributed by atoms with Crippen molar-refractivity contribution in [2.24, 2.45) is 0 Å². The fraction of sp³-hybridized carbons (Fsp3) is 0.308. The summed E-state index contributed by atoms with van der Waals surface area (Å²) >= 11 is 0. The number of rotatable bonds is 7. The van der Waals surface area contributed by atoms with Crippen LogP contribution in [0.15, 0.2) is 48.5 Å². The van der Waals surface area contributed by atoms with Crippen molar-refractivity contribution < 1.29 is 19.2 Å². The molecule has 184 valence electrons. The molecule has 3 rings (SSSR count). The monoisotopic (exact) mass is 477 g/mol. The highest BCUT2D eigenvalue weighted by atomic mass is 16.2. The Morgan fingerprint density at radius 1 is 1.03 bits per heavy atom. The van der Waals surface area contributed by atoms with Crippen molar-refractivity contribution in [2.75, 3.05) is 31.2 Å². The molecule has 1 aliphatic heterocycles. The zero-order chi connectivity index (χ0) is 25.5. The Balaban J connectivity index is 1.60. The van der Waals surface area contributed by atoms with Gasteiger partial charge in [0, 0.05) is 19.2 Å². The molecule has 0 radical (unpaired) electrons. The van der Waals surface area contributed by atoms with Crippen molar-refractivity contribution in [2.45, 2.75) is 33.2 Å². The number of hydrogen-bond acceptors (Lipinski definition) is 5. The molecule has 0 aromatic heterocycles. The van der Waals surface area contributed by atoms with E-state index in [-0.39, 0.29) is 31.4 Å². The van der Waals surface area contributed by atoms with Gasteiger partial charge in [-0.2, -0.15) is 0 Å². The Kier molecular flexibility index (Phi) is 8.25. The summed E-state index contributed by atoms with van der Waals surface area (Å²) in [6, 6.07) is 11.7. The van der Waals surface area contributed by atoms with Crippen LogP contribution in [-0.4, -0.2) is 53.7 Å². The molecule has 0 aliphatic carbocycles. The van der Waals surface area contributed by atoms with E-state index in [9.17, 15) is 19.2 Å². The minimum Gasteiger partial charge on any atom is -0.397 e. The van der Waals surface area contributed by atoms with Crippen LogP contribution in [0.1, 0.15) is 48.2 Å². The normalized spacial score (nSPS) is 14.2. The van der Waals surface area contributed by atoms with Crippen LogP contribution in [0, 0.1) is 0 Å². The number of hydrogen-bond donors (Lipinski definition) is 3. The van der Waals surface area contributed by atoms with Crippen LogP contribution >= 0.6 is 0 Å². The fourth-order valence-electron chi connectivity index (χ4n) is 3.54. The Hall–Kier alpha value is -4.14. The van der Waals surface area contributed by atoms with Gasteiger partial charge in [-0.3, -0.25) is 19.3 Å². The van der Waals surface area contributed by atoms with E-state index >= 15 is 0 Å². The number of nitrogens with one attached hydrogen (secondary N) is 2. The molecule has 9 heteroatoms. The molecular weight excluding hydrogens is 446 g/mol. The average molecular weight is 478 g/mol. The van der Waals surface area contributed by atoms with Gasteiger partial charge in [0.15, 0.2) is 0 Å². The van der Waals surface area contributed by atoms with Crippen molar-refractivity contribution in [3.05, 3.63) is 65.2 Å². The zero-order valence-corrected chi connectivity index (χ0v) is 20.3. The maximum Gasteiger partial charge on any atom is 0.324 e. The Morgan fingerprint density at radius 2 is 1.71 bits per heavy atom. The van der Waals surface area contributed by atoms with Gasteiger partial charge in [-0.05, 0) is 54.3 Å². The number of likely N-dealkylation sites (N-methyl/N-ethyl adjacent to an activating group) is 1. The number of carbonyl (C=O) groups excluding carboxylic acids is 4. The molecule has 1 saturated heterocycles. The molecular formula is C26H31N5O4. The SMILES string of the molecule is CCC/C=C(\C)c1ccc(N)c(NC(=O)c2ccc(CNC(=O)N3CC(=O)N(C)CC3=O)cc2)c1. The van der Waals surface area contributed by atoms with Crippen LogP contribution in [0.2, 0.25) is 0 Å². The van der Waals surface area contributed by atoms with E-state index in [1.54, 1.807) is 30.3 Å².